The van der Waals surface area contributed by atoms with Gasteiger partial charge in [0, 0.05) is 17.0 Å². The summed E-state index contributed by atoms with van der Waals surface area (Å²) in [4.78, 5) is 0. The normalized spacial score (nSPS) is 12.8. The molecule has 0 bridgehead atoms. The molecule has 0 saturated carbocycles. The highest BCUT2D eigenvalue weighted by molar-refractivity contribution is 5.82. The second kappa shape index (κ2) is 4.72. The van der Waals surface area contributed by atoms with Crippen molar-refractivity contribution in [2.45, 2.75) is 13.0 Å². The summed E-state index contributed by atoms with van der Waals surface area (Å²) in [5, 5.41) is 0.954. The first-order valence-electron chi connectivity index (χ1n) is 6.26. The Bertz CT molecular complexity index is 759. The molecule has 102 valence electrons. The highest BCUT2D eigenvalue weighted by atomic mass is 19.1. The Morgan fingerprint density at radius 1 is 1.05 bits per heavy atom. The zero-order valence-corrected chi connectivity index (χ0v) is 10.9. The molecule has 2 N–H and O–H groups in total. The highest BCUT2D eigenvalue weighted by Crippen LogP contribution is 2.31. The largest absolute Gasteiger partial charge is 0.459 e. The van der Waals surface area contributed by atoms with Gasteiger partial charge >= 0.3 is 0 Å². The van der Waals surface area contributed by atoms with Crippen molar-refractivity contribution >= 4 is 11.0 Å². The minimum absolute atomic E-state index is 0.352. The summed E-state index contributed by atoms with van der Waals surface area (Å²) in [7, 11) is 0. The highest BCUT2D eigenvalue weighted by Gasteiger charge is 2.19. The van der Waals surface area contributed by atoms with E-state index in [0.717, 1.165) is 17.0 Å². The van der Waals surface area contributed by atoms with Crippen molar-refractivity contribution in [3.8, 4) is 0 Å². The molecule has 0 spiro atoms. The van der Waals surface area contributed by atoms with Crippen LogP contribution in [0.5, 0.6) is 0 Å². The Kier molecular flexibility index (Phi) is 3.03. The number of fused-ring (bicyclic) bond motifs is 1. The molecule has 2 nitrogen and oxygen atoms in total. The molecule has 3 rings (SSSR count). The van der Waals surface area contributed by atoms with Crippen molar-refractivity contribution in [1.82, 2.24) is 0 Å². The lowest BCUT2D eigenvalue weighted by molar-refractivity contribution is 0.516. The molecule has 2 aromatic carbocycles. The van der Waals surface area contributed by atoms with E-state index < -0.39 is 17.7 Å². The predicted molar refractivity (Wildman–Crippen MR) is 73.3 cm³/mol. The van der Waals surface area contributed by atoms with Gasteiger partial charge < -0.3 is 10.2 Å². The summed E-state index contributed by atoms with van der Waals surface area (Å²) in [5.74, 6) is -0.773. The number of para-hydroxylation sites is 1. The van der Waals surface area contributed by atoms with Gasteiger partial charge in [0.05, 0.1) is 6.04 Å². The predicted octanol–water partition coefficient (Wildman–Crippen LogP) is 4.07. The van der Waals surface area contributed by atoms with Crippen LogP contribution in [0.25, 0.3) is 11.0 Å². The van der Waals surface area contributed by atoms with Gasteiger partial charge in [-0.25, -0.2) is 8.78 Å². The van der Waals surface area contributed by atoms with E-state index in [1.165, 1.54) is 12.1 Å². The van der Waals surface area contributed by atoms with Crippen LogP contribution in [0.1, 0.15) is 22.9 Å². The molecule has 1 unspecified atom stereocenters. The molecule has 0 saturated heterocycles. The monoisotopic (exact) mass is 273 g/mol. The third-order valence-electron chi connectivity index (χ3n) is 3.41. The van der Waals surface area contributed by atoms with E-state index in [2.05, 4.69) is 0 Å². The molecule has 0 aliphatic rings. The average molecular weight is 273 g/mol. The Labute approximate surface area is 114 Å². The fourth-order valence-corrected chi connectivity index (χ4v) is 2.40. The number of nitrogens with two attached hydrogens (primary N) is 1. The van der Waals surface area contributed by atoms with Crippen molar-refractivity contribution in [2.24, 2.45) is 5.73 Å². The van der Waals surface area contributed by atoms with Crippen molar-refractivity contribution in [3.05, 3.63) is 71.0 Å². The fourth-order valence-electron chi connectivity index (χ4n) is 2.40. The van der Waals surface area contributed by atoms with Gasteiger partial charge in [-0.1, -0.05) is 18.2 Å². The second-order valence-electron chi connectivity index (χ2n) is 4.77. The quantitative estimate of drug-likeness (QED) is 0.764. The summed E-state index contributed by atoms with van der Waals surface area (Å²) in [6.07, 6.45) is 0. The first-order valence-corrected chi connectivity index (χ1v) is 6.26. The van der Waals surface area contributed by atoms with Crippen LogP contribution < -0.4 is 5.73 Å². The Balaban J connectivity index is 2.12. The Morgan fingerprint density at radius 3 is 2.35 bits per heavy atom. The lowest BCUT2D eigenvalue weighted by Crippen LogP contribution is -2.12. The smallest absolute Gasteiger partial charge is 0.134 e. The third kappa shape index (κ3) is 2.08. The first kappa shape index (κ1) is 12.8. The van der Waals surface area contributed by atoms with Crippen LogP contribution in [-0.4, -0.2) is 0 Å². The molecule has 0 fully saturated rings. The number of hydrogen-bond donors (Lipinski definition) is 1. The van der Waals surface area contributed by atoms with Gasteiger partial charge in [-0.3, -0.25) is 0 Å². The molecule has 20 heavy (non-hydrogen) atoms. The van der Waals surface area contributed by atoms with E-state index in [-0.39, 0.29) is 0 Å². The van der Waals surface area contributed by atoms with E-state index in [0.29, 0.717) is 16.9 Å². The van der Waals surface area contributed by atoms with Crippen LogP contribution in [0, 0.1) is 18.6 Å². The summed E-state index contributed by atoms with van der Waals surface area (Å²) in [6.45, 7) is 1.89. The third-order valence-corrected chi connectivity index (χ3v) is 3.41. The summed E-state index contributed by atoms with van der Waals surface area (Å²) in [5.41, 5.74) is 8.05. The van der Waals surface area contributed by atoms with Crippen LogP contribution in [0.2, 0.25) is 0 Å². The van der Waals surface area contributed by atoms with E-state index in [9.17, 15) is 8.78 Å². The lowest BCUT2D eigenvalue weighted by atomic mass is 10.0. The van der Waals surface area contributed by atoms with Crippen LogP contribution >= 0.6 is 0 Å². The van der Waals surface area contributed by atoms with Gasteiger partial charge in [0.15, 0.2) is 0 Å². The van der Waals surface area contributed by atoms with Crippen LogP contribution in [0.3, 0.4) is 0 Å². The maximum atomic E-state index is 13.3. The van der Waals surface area contributed by atoms with Crippen molar-refractivity contribution in [2.75, 3.05) is 0 Å². The number of benzene rings is 2. The molecule has 1 aromatic heterocycles. The van der Waals surface area contributed by atoms with Crippen molar-refractivity contribution in [1.29, 1.82) is 0 Å². The van der Waals surface area contributed by atoms with Crippen molar-refractivity contribution in [3.63, 3.8) is 0 Å². The fraction of sp³-hybridized carbons (Fsp3) is 0.125. The summed E-state index contributed by atoms with van der Waals surface area (Å²) >= 11 is 0. The zero-order valence-electron chi connectivity index (χ0n) is 10.9. The lowest BCUT2D eigenvalue weighted by Gasteiger charge is -2.10. The Morgan fingerprint density at radius 2 is 1.70 bits per heavy atom. The maximum Gasteiger partial charge on any atom is 0.134 e. The molecule has 3 aromatic rings. The topological polar surface area (TPSA) is 39.2 Å². The van der Waals surface area contributed by atoms with E-state index in [1.807, 2.05) is 31.2 Å². The maximum absolute atomic E-state index is 13.3. The van der Waals surface area contributed by atoms with Crippen molar-refractivity contribution < 1.29 is 13.2 Å². The first-order chi connectivity index (χ1) is 9.56. The van der Waals surface area contributed by atoms with Gasteiger partial charge in [0.1, 0.15) is 23.0 Å². The molecule has 1 heterocycles. The molecule has 0 aliphatic heterocycles. The van der Waals surface area contributed by atoms with Crippen LogP contribution in [0.4, 0.5) is 8.78 Å². The van der Waals surface area contributed by atoms with Gasteiger partial charge in [-0.05, 0) is 30.7 Å². The summed E-state index contributed by atoms with van der Waals surface area (Å²) in [6, 6.07) is 10.1. The average Bonchev–Trinajstić information content (AvgIpc) is 2.75. The van der Waals surface area contributed by atoms with E-state index in [1.54, 1.807) is 0 Å². The van der Waals surface area contributed by atoms with Gasteiger partial charge in [0.25, 0.3) is 0 Å². The van der Waals surface area contributed by atoms with Gasteiger partial charge in [-0.2, -0.15) is 0 Å². The number of rotatable bonds is 2. The second-order valence-corrected chi connectivity index (χ2v) is 4.77. The number of furan rings is 1. The minimum Gasteiger partial charge on any atom is -0.459 e. The molecular weight excluding hydrogens is 260 g/mol. The van der Waals surface area contributed by atoms with E-state index in [4.69, 9.17) is 10.2 Å². The molecule has 0 aliphatic carbocycles. The number of aryl methyl sites for hydroxylation is 1. The zero-order chi connectivity index (χ0) is 14.3. The van der Waals surface area contributed by atoms with Crippen LogP contribution in [0.15, 0.2) is 46.9 Å². The number of halogens is 2. The van der Waals surface area contributed by atoms with Crippen LogP contribution in [-0.2, 0) is 0 Å². The molecule has 0 radical (unpaired) electrons. The van der Waals surface area contributed by atoms with Gasteiger partial charge in [-0.15, -0.1) is 0 Å². The molecule has 1 atom stereocenters. The Hall–Kier alpha value is -2.20. The molecular formula is C16H13F2NO. The molecule has 0 amide bonds. The number of hydrogen-bond acceptors (Lipinski definition) is 2. The minimum atomic E-state index is -0.701. The summed E-state index contributed by atoms with van der Waals surface area (Å²) < 4.78 is 32.3. The standard InChI is InChI=1S/C16H13F2NO/c1-9-13-4-2-3-5-14(13)20-16(9)15(19)10-6-11(17)8-12(18)7-10/h2-8,15H,19H2,1H3. The van der Waals surface area contributed by atoms with E-state index >= 15 is 0 Å². The molecule has 4 heteroatoms. The van der Waals surface area contributed by atoms with Gasteiger partial charge in [0.2, 0.25) is 0 Å². The SMILES string of the molecule is Cc1c(C(N)c2cc(F)cc(F)c2)oc2ccccc12.